The predicted molar refractivity (Wildman–Crippen MR) is 113 cm³/mol. The molecule has 0 aromatic heterocycles. The number of hydrogen-bond acceptors (Lipinski definition) is 4. The van der Waals surface area contributed by atoms with Crippen LogP contribution in [0.1, 0.15) is 58.6 Å². The van der Waals surface area contributed by atoms with E-state index in [0.717, 1.165) is 19.4 Å². The van der Waals surface area contributed by atoms with Gasteiger partial charge in [-0.1, -0.05) is 39.0 Å². The molecule has 1 aromatic rings. The molecule has 2 unspecified atom stereocenters. The number of nitrogens with zero attached hydrogens (tertiary/aromatic N) is 1. The summed E-state index contributed by atoms with van der Waals surface area (Å²) < 4.78 is 6.28. The van der Waals surface area contributed by atoms with Crippen LogP contribution in [0, 0.1) is 0 Å². The van der Waals surface area contributed by atoms with Crippen LogP contribution in [0.2, 0.25) is 0 Å². The number of rotatable bonds is 4. The molecule has 28 heavy (non-hydrogen) atoms. The van der Waals surface area contributed by atoms with Gasteiger partial charge >= 0.3 is 11.1 Å². The van der Waals surface area contributed by atoms with Crippen LogP contribution in [-0.2, 0) is 15.7 Å². The molecule has 0 bridgehead atoms. The zero-order chi connectivity index (χ0) is 20.2. The van der Waals surface area contributed by atoms with E-state index < -0.39 is 10.7 Å². The molecule has 3 heterocycles. The summed E-state index contributed by atoms with van der Waals surface area (Å²) in [6.45, 7) is 12.5. The van der Waals surface area contributed by atoms with Gasteiger partial charge in [-0.2, -0.15) is 4.48 Å². The molecule has 3 atom stereocenters. The third kappa shape index (κ3) is 2.72. The molecule has 2 N–H and O–H groups in total. The van der Waals surface area contributed by atoms with E-state index in [1.54, 1.807) is 11.8 Å². The van der Waals surface area contributed by atoms with Crippen molar-refractivity contribution in [3.05, 3.63) is 47.0 Å². The van der Waals surface area contributed by atoms with Crippen molar-refractivity contribution in [3.63, 3.8) is 0 Å². The second-order valence-electron chi connectivity index (χ2n) is 9.66. The molecular weight excluding hydrogens is 370 g/mol. The van der Waals surface area contributed by atoms with Gasteiger partial charge < -0.3 is 10.1 Å². The molecule has 3 aliphatic heterocycles. The van der Waals surface area contributed by atoms with Gasteiger partial charge in [0.2, 0.25) is 0 Å². The molecular formula is C22H32N3O2S+. The number of nitrogens with one attached hydrogen (secondary N) is 2. The maximum atomic E-state index is 13.3. The van der Waals surface area contributed by atoms with Crippen molar-refractivity contribution in [2.45, 2.75) is 69.6 Å². The van der Waals surface area contributed by atoms with Crippen molar-refractivity contribution in [1.29, 1.82) is 0 Å². The number of ether oxygens (including phenoxy) is 1. The Morgan fingerprint density at radius 1 is 1.25 bits per heavy atom. The van der Waals surface area contributed by atoms with Gasteiger partial charge in [0, 0.05) is 18.4 Å². The summed E-state index contributed by atoms with van der Waals surface area (Å²) in [6.07, 6.45) is 4.13. The Morgan fingerprint density at radius 3 is 2.57 bits per heavy atom. The van der Waals surface area contributed by atoms with Crippen LogP contribution in [0.15, 0.2) is 35.9 Å². The second-order valence-corrected chi connectivity index (χ2v) is 10.8. The number of thioether (sulfide) groups is 1. The molecule has 2 fully saturated rings. The maximum Gasteiger partial charge on any atom is 0.428 e. The van der Waals surface area contributed by atoms with E-state index in [1.165, 1.54) is 11.1 Å². The van der Waals surface area contributed by atoms with Crippen molar-refractivity contribution < 1.29 is 14.0 Å². The molecule has 6 heteroatoms. The second kappa shape index (κ2) is 6.51. The first-order valence-electron chi connectivity index (χ1n) is 10.2. The van der Waals surface area contributed by atoms with Crippen LogP contribution < -0.4 is 10.6 Å². The zero-order valence-electron chi connectivity index (χ0n) is 17.5. The SMILES string of the molecule is CC(C)(C)c1cccc(C(C)(C)[N+]2(C[C@H]3CCCO3)C(=O)NC23NC=CS3)c1. The average Bonchev–Trinajstić information content (AvgIpc) is 3.32. The maximum absolute atomic E-state index is 13.3. The van der Waals surface area contributed by atoms with Crippen LogP contribution >= 0.6 is 11.8 Å². The van der Waals surface area contributed by atoms with Crippen LogP contribution in [-0.4, -0.2) is 34.9 Å². The molecule has 0 saturated carbocycles. The van der Waals surface area contributed by atoms with Gasteiger partial charge in [0.25, 0.3) is 0 Å². The Hall–Kier alpha value is -1.50. The molecule has 0 aliphatic carbocycles. The smallest absolute Gasteiger partial charge is 0.372 e. The van der Waals surface area contributed by atoms with Crippen LogP contribution in [0.25, 0.3) is 0 Å². The number of amides is 2. The summed E-state index contributed by atoms with van der Waals surface area (Å²) in [4.78, 5) is 13.3. The lowest BCUT2D eigenvalue weighted by Gasteiger charge is -2.62. The summed E-state index contributed by atoms with van der Waals surface area (Å²) >= 11 is 1.65. The van der Waals surface area contributed by atoms with Crippen molar-refractivity contribution in [1.82, 2.24) is 10.6 Å². The van der Waals surface area contributed by atoms with Gasteiger partial charge in [0.15, 0.2) is 0 Å². The van der Waals surface area contributed by atoms with Crippen LogP contribution in [0.4, 0.5) is 4.79 Å². The topological polar surface area (TPSA) is 50.4 Å². The largest absolute Gasteiger partial charge is 0.428 e. The van der Waals surface area contributed by atoms with Gasteiger partial charge in [-0.3, -0.25) is 0 Å². The van der Waals surface area contributed by atoms with Crippen molar-refractivity contribution in [3.8, 4) is 0 Å². The monoisotopic (exact) mass is 402 g/mol. The van der Waals surface area contributed by atoms with Gasteiger partial charge in [-0.05, 0) is 60.9 Å². The lowest BCUT2D eigenvalue weighted by Crippen LogP contribution is -2.93. The van der Waals surface area contributed by atoms with E-state index in [9.17, 15) is 4.79 Å². The van der Waals surface area contributed by atoms with Crippen molar-refractivity contribution in [2.24, 2.45) is 0 Å². The van der Waals surface area contributed by atoms with Gasteiger partial charge in [0.05, 0.1) is 0 Å². The molecule has 0 radical (unpaired) electrons. The van der Waals surface area contributed by atoms with Crippen molar-refractivity contribution in [2.75, 3.05) is 13.2 Å². The highest BCUT2D eigenvalue weighted by atomic mass is 32.2. The fourth-order valence-corrected chi connectivity index (χ4v) is 5.95. The molecule has 2 saturated heterocycles. The Labute approximate surface area is 172 Å². The minimum absolute atomic E-state index is 0.0578. The quantitative estimate of drug-likeness (QED) is 0.735. The van der Waals surface area contributed by atoms with E-state index >= 15 is 0 Å². The fraction of sp³-hybridized carbons (Fsp3) is 0.591. The average molecular weight is 403 g/mol. The van der Waals surface area contributed by atoms with Crippen LogP contribution in [0.5, 0.6) is 0 Å². The number of hydrogen-bond donors (Lipinski definition) is 2. The third-order valence-electron chi connectivity index (χ3n) is 6.64. The lowest BCUT2D eigenvalue weighted by atomic mass is 9.81. The van der Waals surface area contributed by atoms with Gasteiger partial charge in [-0.15, -0.1) is 0 Å². The first-order chi connectivity index (χ1) is 13.1. The zero-order valence-corrected chi connectivity index (χ0v) is 18.4. The Kier molecular flexibility index (Phi) is 4.60. The lowest BCUT2D eigenvalue weighted by molar-refractivity contribution is -0.974. The molecule has 5 nitrogen and oxygen atoms in total. The Morgan fingerprint density at radius 2 is 2.00 bits per heavy atom. The molecule has 3 aliphatic rings. The Balaban J connectivity index is 1.81. The number of carbonyl (C=O) groups is 1. The molecule has 152 valence electrons. The first-order valence-corrected chi connectivity index (χ1v) is 11.0. The molecule has 4 rings (SSSR count). The van der Waals surface area contributed by atoms with E-state index in [2.05, 4.69) is 69.5 Å². The first kappa shape index (κ1) is 19.8. The summed E-state index contributed by atoms with van der Waals surface area (Å²) in [5.41, 5.74) is 2.10. The molecule has 1 spiro atoms. The standard InChI is InChI=1S/C22H31N3O2S/c1-20(2,3)16-8-6-9-17(14-16)21(4,5)25(15-18-10-7-12-27-18)19(26)24-22(25)23-11-13-28-22/h6,8-9,11,13-14,18,23H,7,10,12,15H2,1-5H3/p+1/t18-,22?,25?/m1/s1. The van der Waals surface area contributed by atoms with E-state index in [0.29, 0.717) is 6.54 Å². The van der Waals surface area contributed by atoms with Crippen molar-refractivity contribution >= 4 is 17.8 Å². The minimum Gasteiger partial charge on any atom is -0.372 e. The summed E-state index contributed by atoms with van der Waals surface area (Å²) in [7, 11) is 0. The summed E-state index contributed by atoms with van der Waals surface area (Å²) in [5.74, 6) is 0. The van der Waals surface area contributed by atoms with Crippen LogP contribution in [0.3, 0.4) is 0 Å². The van der Waals surface area contributed by atoms with E-state index in [4.69, 9.17) is 4.74 Å². The number of urea groups is 1. The summed E-state index contributed by atoms with van der Waals surface area (Å²) in [5, 5.41) is 8.09. The van der Waals surface area contributed by atoms with E-state index in [-0.39, 0.29) is 22.0 Å². The molecule has 2 amide bonds. The highest BCUT2D eigenvalue weighted by molar-refractivity contribution is 8.03. The van der Waals surface area contributed by atoms with E-state index in [1.807, 2.05) is 11.6 Å². The normalized spacial score (nSPS) is 32.3. The minimum atomic E-state index is -0.565. The van der Waals surface area contributed by atoms with Gasteiger partial charge in [-0.25, -0.2) is 10.1 Å². The number of quaternary nitrogens is 1. The fourth-order valence-electron chi connectivity index (χ4n) is 4.77. The highest BCUT2D eigenvalue weighted by Crippen LogP contribution is 2.53. The predicted octanol–water partition coefficient (Wildman–Crippen LogP) is 4.36. The number of benzene rings is 1. The highest BCUT2D eigenvalue weighted by Gasteiger charge is 2.75. The third-order valence-corrected chi connectivity index (χ3v) is 7.78. The molecule has 1 aromatic carbocycles. The number of carbonyl (C=O) groups excluding carboxylic acids is 1. The summed E-state index contributed by atoms with van der Waals surface area (Å²) in [6, 6.07) is 8.81. The Bertz CT molecular complexity index is 800. The van der Waals surface area contributed by atoms with Gasteiger partial charge in [0.1, 0.15) is 18.2 Å².